The van der Waals surface area contributed by atoms with Crippen LogP contribution in [0, 0.1) is 0 Å². The Bertz CT molecular complexity index is 2150. The third-order valence-corrected chi connectivity index (χ3v) is 8.14. The Morgan fingerprint density at radius 1 is 0.508 bits per heavy atom. The second-order valence-corrected chi connectivity index (χ2v) is 12.3. The molecule has 0 radical (unpaired) electrons. The van der Waals surface area contributed by atoms with Crippen LogP contribution in [0.5, 0.6) is 23.0 Å². The topological polar surface area (TPSA) is 151 Å². The third-order valence-electron chi connectivity index (χ3n) is 8.14. The highest BCUT2D eigenvalue weighted by atomic mass is 19.4. The first-order valence-corrected chi connectivity index (χ1v) is 16.7. The van der Waals surface area contributed by atoms with Crippen molar-refractivity contribution in [3.8, 4) is 23.0 Å². The Labute approximate surface area is 334 Å². The fraction of sp³-hybridized carbons (Fsp3) is 0.179. The van der Waals surface area contributed by atoms with Crippen LogP contribution in [0.1, 0.15) is 35.1 Å². The SMILES string of the molecule is O=C(O)CC=CC(=O)Nc1cccc(Oc2ccc(C(c3ccc(Oc4cccc(NC(=O)C=CCC(=O)O)c4C(F)(F)F)cc3)(C(F)(F)F)C(F)(F)F)cc2)c1C(F)(F)F. The number of ether oxygens (including phenoxy) is 2. The highest BCUT2D eigenvalue weighted by molar-refractivity contribution is 6.01. The zero-order valence-corrected chi connectivity index (χ0v) is 30.2. The molecule has 0 saturated carbocycles. The third kappa shape index (κ3) is 11.2. The molecule has 0 spiro atoms. The van der Waals surface area contributed by atoms with Crippen molar-refractivity contribution in [3.63, 3.8) is 0 Å². The van der Waals surface area contributed by atoms with Gasteiger partial charge in [0.2, 0.25) is 17.2 Å². The molecule has 0 saturated heterocycles. The van der Waals surface area contributed by atoms with Crippen LogP contribution in [0.4, 0.5) is 64.1 Å². The van der Waals surface area contributed by atoms with E-state index in [-0.39, 0.29) is 24.3 Å². The minimum absolute atomic E-state index is 0.277. The summed E-state index contributed by atoms with van der Waals surface area (Å²) in [4.78, 5) is 45.5. The van der Waals surface area contributed by atoms with Gasteiger partial charge in [0, 0.05) is 0 Å². The lowest BCUT2D eigenvalue weighted by Crippen LogP contribution is -2.54. The van der Waals surface area contributed by atoms with Gasteiger partial charge in [-0.1, -0.05) is 48.6 Å². The quantitative estimate of drug-likeness (QED) is 0.0722. The smallest absolute Gasteiger partial charge is 0.421 e. The van der Waals surface area contributed by atoms with E-state index in [1.54, 1.807) is 0 Å². The van der Waals surface area contributed by atoms with Gasteiger partial charge < -0.3 is 30.3 Å². The van der Waals surface area contributed by atoms with Crippen molar-refractivity contribution in [2.24, 2.45) is 0 Å². The van der Waals surface area contributed by atoms with Gasteiger partial charge in [-0.2, -0.15) is 52.7 Å². The predicted molar refractivity (Wildman–Crippen MR) is 189 cm³/mol. The molecule has 324 valence electrons. The number of hydrogen-bond acceptors (Lipinski definition) is 6. The van der Waals surface area contributed by atoms with Crippen LogP contribution < -0.4 is 20.1 Å². The largest absolute Gasteiger partial charge is 0.481 e. The monoisotopic (exact) mass is 878 g/mol. The van der Waals surface area contributed by atoms with Crippen molar-refractivity contribution in [1.29, 1.82) is 0 Å². The maximum absolute atomic E-state index is 14.9. The summed E-state index contributed by atoms with van der Waals surface area (Å²) >= 11 is 0. The number of amides is 2. The number of benzene rings is 4. The van der Waals surface area contributed by atoms with E-state index in [1.807, 2.05) is 10.6 Å². The molecule has 4 aromatic carbocycles. The van der Waals surface area contributed by atoms with E-state index in [1.165, 1.54) is 0 Å². The van der Waals surface area contributed by atoms with Crippen LogP contribution in [0.2, 0.25) is 0 Å². The Morgan fingerprint density at radius 2 is 0.836 bits per heavy atom. The molecule has 0 aliphatic carbocycles. The number of carboxylic acid groups (broad SMARTS) is 2. The second kappa shape index (κ2) is 18.1. The van der Waals surface area contributed by atoms with Crippen molar-refractivity contribution in [1.82, 2.24) is 0 Å². The van der Waals surface area contributed by atoms with Crippen LogP contribution in [0.15, 0.2) is 109 Å². The van der Waals surface area contributed by atoms with Crippen LogP contribution in [0.25, 0.3) is 0 Å². The molecule has 0 fully saturated rings. The fourth-order valence-electron chi connectivity index (χ4n) is 5.69. The number of carboxylic acids is 2. The highest BCUT2D eigenvalue weighted by Gasteiger charge is 2.72. The van der Waals surface area contributed by atoms with E-state index in [0.717, 1.165) is 48.6 Å². The van der Waals surface area contributed by atoms with E-state index >= 15 is 0 Å². The molecule has 4 rings (SSSR count). The molecule has 0 aliphatic rings. The number of rotatable bonds is 14. The number of halogens is 12. The average Bonchev–Trinajstić information content (AvgIpc) is 3.11. The molecule has 2 amide bonds. The molecule has 0 aliphatic heterocycles. The van der Waals surface area contributed by atoms with Crippen molar-refractivity contribution in [3.05, 3.63) is 131 Å². The average molecular weight is 879 g/mol. The molecular weight excluding hydrogens is 852 g/mol. The van der Waals surface area contributed by atoms with Crippen molar-refractivity contribution >= 4 is 35.1 Å². The number of anilines is 2. The number of alkyl halides is 12. The number of nitrogens with one attached hydrogen (secondary N) is 2. The van der Waals surface area contributed by atoms with Crippen LogP contribution in [0.3, 0.4) is 0 Å². The molecule has 0 bridgehead atoms. The van der Waals surface area contributed by atoms with Gasteiger partial charge >= 0.3 is 36.6 Å². The van der Waals surface area contributed by atoms with E-state index in [2.05, 4.69) is 0 Å². The molecular formula is C39H26F12N2O8. The van der Waals surface area contributed by atoms with Crippen molar-refractivity contribution in [2.75, 3.05) is 10.6 Å². The molecule has 22 heteroatoms. The molecule has 61 heavy (non-hydrogen) atoms. The van der Waals surface area contributed by atoms with Gasteiger partial charge in [0.25, 0.3) is 0 Å². The standard InChI is InChI=1S/C39H26F12N2O8/c40-36(41,42)33-25(52-29(54)9-3-11-31(56)57)5-1-7-27(33)60-23-17-13-21(14-18-23)35(38(46,47)48,39(49,50)51)22-15-19-24(20-16-22)61-28-8-2-6-26(34(28)37(43,44)45)53-30(55)10-4-12-32(58)59/h1-10,13-20H,11-12H2,(H,52,54)(H,53,55)(H,56,57)(H,58,59). The Kier molecular flexibility index (Phi) is 13.8. The Balaban J connectivity index is 1.71. The summed E-state index contributed by atoms with van der Waals surface area (Å²) < 4.78 is 185. The van der Waals surface area contributed by atoms with Crippen molar-refractivity contribution < 1.29 is 91.5 Å². The molecule has 0 heterocycles. The van der Waals surface area contributed by atoms with E-state index in [0.29, 0.717) is 36.4 Å². The van der Waals surface area contributed by atoms with Gasteiger partial charge in [-0.25, -0.2) is 0 Å². The normalized spacial score (nSPS) is 12.7. The first-order valence-electron chi connectivity index (χ1n) is 16.7. The minimum atomic E-state index is -6.19. The zero-order valence-electron chi connectivity index (χ0n) is 30.2. The summed E-state index contributed by atoms with van der Waals surface area (Å²) in [6, 6.07) is 8.10. The first-order chi connectivity index (χ1) is 28.3. The molecule has 4 N–H and O–H groups in total. The lowest BCUT2D eigenvalue weighted by molar-refractivity contribution is -0.288. The lowest BCUT2D eigenvalue weighted by Gasteiger charge is -2.38. The molecule has 10 nitrogen and oxygen atoms in total. The molecule has 4 aromatic rings. The summed E-state index contributed by atoms with van der Waals surface area (Å²) in [6.07, 6.45) is -21.3. The van der Waals surface area contributed by atoms with E-state index in [4.69, 9.17) is 19.7 Å². The summed E-state index contributed by atoms with van der Waals surface area (Å²) in [6.45, 7) is 0. The maximum atomic E-state index is 14.9. The summed E-state index contributed by atoms with van der Waals surface area (Å²) in [5.74, 6) is -8.56. The summed E-state index contributed by atoms with van der Waals surface area (Å²) in [5, 5.41) is 21.1. The second-order valence-electron chi connectivity index (χ2n) is 12.3. The van der Waals surface area contributed by atoms with E-state index < -0.39 is 123 Å². The van der Waals surface area contributed by atoms with Gasteiger partial charge in [0.1, 0.15) is 34.1 Å². The molecule has 0 atom stereocenters. The van der Waals surface area contributed by atoms with Crippen molar-refractivity contribution in [2.45, 2.75) is 43.0 Å². The maximum Gasteiger partial charge on any atom is 0.421 e. The molecule has 0 unspecified atom stereocenters. The van der Waals surface area contributed by atoms with Gasteiger partial charge in [-0.15, -0.1) is 0 Å². The number of hydrogen-bond donors (Lipinski definition) is 4. The van der Waals surface area contributed by atoms with Crippen LogP contribution in [-0.2, 0) is 36.9 Å². The lowest BCUT2D eigenvalue weighted by atomic mass is 9.73. The van der Waals surface area contributed by atoms with Gasteiger partial charge in [-0.3, -0.25) is 19.2 Å². The van der Waals surface area contributed by atoms with Gasteiger partial charge in [0.15, 0.2) is 0 Å². The summed E-state index contributed by atoms with van der Waals surface area (Å²) in [7, 11) is 0. The van der Waals surface area contributed by atoms with E-state index in [9.17, 15) is 71.9 Å². The fourth-order valence-corrected chi connectivity index (χ4v) is 5.69. The number of aliphatic carboxylic acids is 2. The predicted octanol–water partition coefficient (Wildman–Crippen LogP) is 10.7. The number of carbonyl (C=O) groups excluding carboxylic acids is 2. The Morgan fingerprint density at radius 3 is 1.11 bits per heavy atom. The highest BCUT2D eigenvalue weighted by Crippen LogP contribution is 2.57. The first kappa shape index (κ1) is 46.7. The zero-order chi connectivity index (χ0) is 45.6. The molecule has 0 aromatic heterocycles. The van der Waals surface area contributed by atoms with Crippen LogP contribution in [-0.4, -0.2) is 46.3 Å². The van der Waals surface area contributed by atoms with Gasteiger partial charge in [0.05, 0.1) is 24.2 Å². The minimum Gasteiger partial charge on any atom is -0.481 e. The van der Waals surface area contributed by atoms with Crippen LogP contribution >= 0.6 is 0 Å². The van der Waals surface area contributed by atoms with Gasteiger partial charge in [-0.05, 0) is 71.8 Å². The summed E-state index contributed by atoms with van der Waals surface area (Å²) in [5.41, 5.74) is -12.9. The number of carbonyl (C=O) groups is 4. The Hall–Kier alpha value is -7.00.